The van der Waals surface area contributed by atoms with Gasteiger partial charge in [0.05, 0.1) is 5.69 Å². The Hall–Kier alpha value is -4.63. The number of hydrogen-bond acceptors (Lipinski definition) is 7. The number of nitrogens with zero attached hydrogens (tertiary/aromatic N) is 5. The van der Waals surface area contributed by atoms with Crippen LogP contribution in [0.25, 0.3) is 11.3 Å². The second kappa shape index (κ2) is 12.1. The molecule has 42 heavy (non-hydrogen) atoms. The van der Waals surface area contributed by atoms with Crippen LogP contribution in [0, 0.1) is 6.92 Å². The molecule has 4 aromatic rings. The predicted molar refractivity (Wildman–Crippen MR) is 160 cm³/mol. The lowest BCUT2D eigenvalue weighted by Crippen LogP contribution is -2.52. The summed E-state index contributed by atoms with van der Waals surface area (Å²) in [6, 6.07) is 24.4. The smallest absolute Gasteiger partial charge is 0.254 e. The van der Waals surface area contributed by atoms with Crippen molar-refractivity contribution in [3.05, 3.63) is 101 Å². The molecule has 2 aliphatic heterocycles. The van der Waals surface area contributed by atoms with E-state index in [1.165, 1.54) is 5.56 Å². The number of carbonyl (C=O) groups is 2. The first-order valence-corrected chi connectivity index (χ1v) is 14.2. The zero-order valence-corrected chi connectivity index (χ0v) is 24.0. The van der Waals surface area contributed by atoms with Gasteiger partial charge < -0.3 is 24.2 Å². The molecule has 0 bridgehead atoms. The van der Waals surface area contributed by atoms with Crippen molar-refractivity contribution in [3.63, 3.8) is 0 Å². The summed E-state index contributed by atoms with van der Waals surface area (Å²) in [6.07, 6.45) is 0. The third-order valence-electron chi connectivity index (χ3n) is 7.47. The van der Waals surface area contributed by atoms with Crippen molar-refractivity contribution < 1.29 is 19.1 Å². The highest BCUT2D eigenvalue weighted by Gasteiger charge is 2.27. The molecular weight excluding hydrogens is 554 g/mol. The Morgan fingerprint density at radius 2 is 1.60 bits per heavy atom. The maximum absolute atomic E-state index is 13.5. The van der Waals surface area contributed by atoms with E-state index in [4.69, 9.17) is 21.1 Å². The molecule has 1 saturated heterocycles. The Bertz CT molecular complexity index is 1570. The minimum atomic E-state index is -0.250. The van der Waals surface area contributed by atoms with Crippen molar-refractivity contribution in [2.24, 2.45) is 0 Å². The monoisotopic (exact) mass is 583 g/mol. The highest BCUT2D eigenvalue weighted by Crippen LogP contribution is 2.33. The number of ether oxygens (including phenoxy) is 2. The number of amides is 2. The summed E-state index contributed by atoms with van der Waals surface area (Å²) in [5.74, 6) is 1.71. The molecule has 0 aliphatic carbocycles. The highest BCUT2D eigenvalue weighted by molar-refractivity contribution is 6.30. The fourth-order valence-electron chi connectivity index (χ4n) is 5.05. The summed E-state index contributed by atoms with van der Waals surface area (Å²) in [5.41, 5.74) is 4.34. The van der Waals surface area contributed by atoms with E-state index in [0.717, 1.165) is 22.6 Å². The average Bonchev–Trinajstić information content (AvgIpc) is 3.49. The molecule has 1 aromatic heterocycles. The maximum atomic E-state index is 13.5. The van der Waals surface area contributed by atoms with Crippen LogP contribution in [0.3, 0.4) is 0 Å². The number of aryl methyl sites for hydroxylation is 1. The molecule has 3 aromatic carbocycles. The molecule has 214 valence electrons. The largest absolute Gasteiger partial charge is 0.454 e. The van der Waals surface area contributed by atoms with Gasteiger partial charge in [0.25, 0.3) is 5.91 Å². The van der Waals surface area contributed by atoms with Crippen LogP contribution in [-0.4, -0.2) is 71.3 Å². The standard InChI is InChI=1S/C32H30ClN5O4/c1-22-2-5-24(6-3-22)27-11-13-30(35-34-27)36-14-16-37(17-15-36)31(39)20-38(32(40)25-7-9-26(33)10-8-25)19-23-4-12-28-29(18-23)42-21-41-28/h2-13,18H,14-17,19-21H2,1H3. The molecule has 0 saturated carbocycles. The fourth-order valence-corrected chi connectivity index (χ4v) is 5.18. The van der Waals surface area contributed by atoms with Crippen molar-refractivity contribution in [2.75, 3.05) is 44.4 Å². The van der Waals surface area contributed by atoms with E-state index in [9.17, 15) is 9.59 Å². The van der Waals surface area contributed by atoms with E-state index in [1.807, 2.05) is 42.5 Å². The van der Waals surface area contributed by atoms with Crippen LogP contribution in [0.1, 0.15) is 21.5 Å². The van der Waals surface area contributed by atoms with Gasteiger partial charge in [-0.3, -0.25) is 9.59 Å². The van der Waals surface area contributed by atoms with E-state index in [0.29, 0.717) is 48.3 Å². The molecule has 0 atom stereocenters. The maximum Gasteiger partial charge on any atom is 0.254 e. The number of hydrogen-bond donors (Lipinski definition) is 0. The normalized spacial score (nSPS) is 14.1. The lowest BCUT2D eigenvalue weighted by atomic mass is 10.1. The number of anilines is 1. The summed E-state index contributed by atoms with van der Waals surface area (Å²) in [7, 11) is 0. The molecule has 0 unspecified atom stereocenters. The van der Waals surface area contributed by atoms with Crippen LogP contribution in [-0.2, 0) is 11.3 Å². The number of halogens is 1. The van der Waals surface area contributed by atoms with Crippen LogP contribution in [0.4, 0.5) is 5.82 Å². The van der Waals surface area contributed by atoms with Crippen molar-refractivity contribution in [2.45, 2.75) is 13.5 Å². The molecule has 0 N–H and O–H groups in total. The quantitative estimate of drug-likeness (QED) is 0.308. The van der Waals surface area contributed by atoms with Crippen molar-refractivity contribution in [1.29, 1.82) is 0 Å². The van der Waals surface area contributed by atoms with Crippen molar-refractivity contribution in [3.8, 4) is 22.8 Å². The van der Waals surface area contributed by atoms with Gasteiger partial charge in [0.15, 0.2) is 17.3 Å². The SMILES string of the molecule is Cc1ccc(-c2ccc(N3CCN(C(=O)CN(Cc4ccc5c(c4)OCO5)C(=O)c4ccc(Cl)cc4)CC3)nn2)cc1. The second-order valence-corrected chi connectivity index (χ2v) is 10.8. The average molecular weight is 584 g/mol. The lowest BCUT2D eigenvalue weighted by Gasteiger charge is -2.36. The zero-order valence-electron chi connectivity index (χ0n) is 23.2. The third kappa shape index (κ3) is 6.16. The topological polar surface area (TPSA) is 88.1 Å². The minimum Gasteiger partial charge on any atom is -0.454 e. The van der Waals surface area contributed by atoms with E-state index >= 15 is 0 Å². The van der Waals surface area contributed by atoms with Gasteiger partial charge in [-0.2, -0.15) is 0 Å². The van der Waals surface area contributed by atoms with E-state index in [2.05, 4.69) is 34.2 Å². The van der Waals surface area contributed by atoms with Gasteiger partial charge in [0.1, 0.15) is 6.54 Å². The van der Waals surface area contributed by atoms with Crippen LogP contribution >= 0.6 is 11.6 Å². The number of fused-ring (bicyclic) bond motifs is 1. The first-order chi connectivity index (χ1) is 20.4. The van der Waals surface area contributed by atoms with Crippen molar-refractivity contribution in [1.82, 2.24) is 20.0 Å². The second-order valence-electron chi connectivity index (χ2n) is 10.4. The summed E-state index contributed by atoms with van der Waals surface area (Å²) >= 11 is 6.04. The molecule has 6 rings (SSSR count). The van der Waals surface area contributed by atoms with E-state index in [1.54, 1.807) is 34.1 Å². The summed E-state index contributed by atoms with van der Waals surface area (Å²) in [6.45, 7) is 4.69. The lowest BCUT2D eigenvalue weighted by molar-refractivity contribution is -0.132. The van der Waals surface area contributed by atoms with Gasteiger partial charge in [-0.05, 0) is 61.0 Å². The molecule has 0 radical (unpaired) electrons. The molecule has 0 spiro atoms. The first-order valence-electron chi connectivity index (χ1n) is 13.8. The number of benzene rings is 3. The molecule has 3 heterocycles. The summed E-state index contributed by atoms with van der Waals surface area (Å²) < 4.78 is 10.9. The third-order valence-corrected chi connectivity index (χ3v) is 7.72. The van der Waals surface area contributed by atoms with Crippen molar-refractivity contribution >= 4 is 29.2 Å². The Kier molecular flexibility index (Phi) is 7.92. The number of rotatable bonds is 7. The Morgan fingerprint density at radius 3 is 2.31 bits per heavy atom. The zero-order chi connectivity index (χ0) is 29.1. The van der Waals surface area contributed by atoms with Crippen LogP contribution in [0.2, 0.25) is 5.02 Å². The molecule has 9 nitrogen and oxygen atoms in total. The van der Waals surface area contributed by atoms with Crippen LogP contribution in [0.5, 0.6) is 11.5 Å². The summed E-state index contributed by atoms with van der Waals surface area (Å²) in [4.78, 5) is 32.5. The van der Waals surface area contributed by atoms with Gasteiger partial charge in [-0.1, -0.05) is 47.5 Å². The molecule has 2 amide bonds. The summed E-state index contributed by atoms with van der Waals surface area (Å²) in [5, 5.41) is 9.41. The molecule has 1 fully saturated rings. The fraction of sp³-hybridized carbons (Fsp3) is 0.250. The van der Waals surface area contributed by atoms with Gasteiger partial charge in [0.2, 0.25) is 12.7 Å². The van der Waals surface area contributed by atoms with Gasteiger partial charge in [-0.25, -0.2) is 0 Å². The Labute approximate surface area is 249 Å². The first kappa shape index (κ1) is 27.5. The van der Waals surface area contributed by atoms with Crippen LogP contribution < -0.4 is 14.4 Å². The Balaban J connectivity index is 1.11. The number of aromatic nitrogens is 2. The van der Waals surface area contributed by atoms with Gasteiger partial charge in [0, 0.05) is 48.9 Å². The van der Waals surface area contributed by atoms with E-state index in [-0.39, 0.29) is 31.7 Å². The number of carbonyl (C=O) groups excluding carboxylic acids is 2. The number of piperazine rings is 1. The highest BCUT2D eigenvalue weighted by atomic mass is 35.5. The Morgan fingerprint density at radius 1 is 0.857 bits per heavy atom. The van der Waals surface area contributed by atoms with Gasteiger partial charge in [-0.15, -0.1) is 10.2 Å². The van der Waals surface area contributed by atoms with Crippen LogP contribution in [0.15, 0.2) is 78.9 Å². The minimum absolute atomic E-state index is 0.0546. The van der Waals surface area contributed by atoms with Gasteiger partial charge >= 0.3 is 0 Å². The van der Waals surface area contributed by atoms with E-state index < -0.39 is 0 Å². The molecule has 10 heteroatoms. The predicted octanol–water partition coefficient (Wildman–Crippen LogP) is 4.83. The molecule has 2 aliphatic rings. The molecular formula is C32H30ClN5O4.